The smallest absolute Gasteiger partial charge is 0.387 e. The van der Waals surface area contributed by atoms with Crippen LogP contribution in [0.3, 0.4) is 0 Å². The first-order valence-electron chi connectivity index (χ1n) is 5.47. The van der Waals surface area contributed by atoms with Gasteiger partial charge in [-0.15, -0.1) is 0 Å². The van der Waals surface area contributed by atoms with Gasteiger partial charge in [0.15, 0.2) is 0 Å². The average molecular weight is 227 g/mol. The predicted octanol–water partition coefficient (Wildman–Crippen LogP) is 3.09. The number of rotatable bonds is 4. The van der Waals surface area contributed by atoms with E-state index in [-0.39, 0.29) is 11.8 Å². The van der Waals surface area contributed by atoms with Gasteiger partial charge in [-0.3, -0.25) is 0 Å². The number of alkyl halides is 2. The highest BCUT2D eigenvalue weighted by atomic mass is 19.3. The Hall–Kier alpha value is -1.16. The number of hydrogen-bond donors (Lipinski definition) is 1. The van der Waals surface area contributed by atoms with Crippen LogP contribution < -0.4 is 10.5 Å². The van der Waals surface area contributed by atoms with E-state index in [1.807, 2.05) is 6.07 Å². The van der Waals surface area contributed by atoms with Gasteiger partial charge in [0.1, 0.15) is 5.75 Å². The van der Waals surface area contributed by atoms with Gasteiger partial charge < -0.3 is 10.5 Å². The fourth-order valence-corrected chi connectivity index (χ4v) is 1.97. The quantitative estimate of drug-likeness (QED) is 0.857. The Labute approximate surface area is 93.4 Å². The molecule has 1 aromatic rings. The average Bonchev–Trinajstić information content (AvgIpc) is 2.14. The molecule has 1 unspecified atom stereocenters. The van der Waals surface area contributed by atoms with E-state index in [0.717, 1.165) is 18.4 Å². The minimum atomic E-state index is -2.78. The number of ether oxygens (including phenoxy) is 1. The molecule has 0 radical (unpaired) electrons. The van der Waals surface area contributed by atoms with Gasteiger partial charge in [-0.2, -0.15) is 8.78 Å². The van der Waals surface area contributed by atoms with Crippen LogP contribution in [0.5, 0.6) is 5.75 Å². The first-order chi connectivity index (χ1) is 7.66. The number of nitrogens with two attached hydrogens (primary N) is 1. The highest BCUT2D eigenvalue weighted by Gasteiger charge is 2.25. The van der Waals surface area contributed by atoms with Crippen molar-refractivity contribution in [1.82, 2.24) is 0 Å². The lowest BCUT2D eigenvalue weighted by Crippen LogP contribution is -2.26. The molecule has 0 amide bonds. The van der Waals surface area contributed by atoms with Crippen molar-refractivity contribution < 1.29 is 13.5 Å². The minimum Gasteiger partial charge on any atom is -0.435 e. The highest BCUT2D eigenvalue weighted by Crippen LogP contribution is 2.36. The summed E-state index contributed by atoms with van der Waals surface area (Å²) < 4.78 is 28.4. The maximum atomic E-state index is 12.0. The molecule has 1 saturated carbocycles. The molecule has 16 heavy (non-hydrogen) atoms. The summed E-state index contributed by atoms with van der Waals surface area (Å²) in [4.78, 5) is 0. The lowest BCUT2D eigenvalue weighted by atomic mass is 9.77. The third-order valence-corrected chi connectivity index (χ3v) is 3.13. The second kappa shape index (κ2) is 4.78. The monoisotopic (exact) mass is 227 g/mol. The maximum Gasteiger partial charge on any atom is 0.387 e. The molecule has 2 rings (SSSR count). The van der Waals surface area contributed by atoms with Crippen molar-refractivity contribution in [2.75, 3.05) is 0 Å². The van der Waals surface area contributed by atoms with Gasteiger partial charge in [-0.05, 0) is 36.5 Å². The zero-order valence-corrected chi connectivity index (χ0v) is 8.90. The van der Waals surface area contributed by atoms with Crippen molar-refractivity contribution in [2.45, 2.75) is 31.9 Å². The molecular formula is C12H15F2NO. The van der Waals surface area contributed by atoms with Crippen LogP contribution in [0.2, 0.25) is 0 Å². The number of benzene rings is 1. The third kappa shape index (κ3) is 2.50. The molecule has 1 atom stereocenters. The summed E-state index contributed by atoms with van der Waals surface area (Å²) in [6.07, 6.45) is 3.47. The van der Waals surface area contributed by atoms with Crippen molar-refractivity contribution in [3.8, 4) is 5.75 Å². The lowest BCUT2D eigenvalue weighted by molar-refractivity contribution is -0.0499. The molecule has 0 spiro atoms. The summed E-state index contributed by atoms with van der Waals surface area (Å²) in [5, 5.41) is 0. The lowest BCUT2D eigenvalue weighted by Gasteiger charge is -2.31. The van der Waals surface area contributed by atoms with Crippen LogP contribution in [0.1, 0.15) is 30.9 Å². The third-order valence-electron chi connectivity index (χ3n) is 3.13. The van der Waals surface area contributed by atoms with E-state index < -0.39 is 6.61 Å². The summed E-state index contributed by atoms with van der Waals surface area (Å²) in [5.74, 6) is 0.670. The van der Waals surface area contributed by atoms with Crippen LogP contribution in [-0.2, 0) is 0 Å². The molecule has 1 fully saturated rings. The predicted molar refractivity (Wildman–Crippen MR) is 57.3 cm³/mol. The maximum absolute atomic E-state index is 12.0. The Kier molecular flexibility index (Phi) is 3.39. The normalized spacial score (nSPS) is 18.2. The molecule has 4 heteroatoms. The zero-order chi connectivity index (χ0) is 11.5. The molecule has 0 saturated heterocycles. The Balaban J connectivity index is 2.08. The van der Waals surface area contributed by atoms with Crippen LogP contribution in [0.4, 0.5) is 8.78 Å². The van der Waals surface area contributed by atoms with Gasteiger partial charge in [0.2, 0.25) is 0 Å². The van der Waals surface area contributed by atoms with Gasteiger partial charge in [0, 0.05) is 6.04 Å². The molecule has 1 aromatic carbocycles. The van der Waals surface area contributed by atoms with Gasteiger partial charge in [-0.1, -0.05) is 18.6 Å². The van der Waals surface area contributed by atoms with E-state index in [1.54, 1.807) is 12.1 Å². The second-order valence-corrected chi connectivity index (χ2v) is 4.17. The van der Waals surface area contributed by atoms with Crippen molar-refractivity contribution >= 4 is 0 Å². The molecule has 88 valence electrons. The Morgan fingerprint density at radius 3 is 2.62 bits per heavy atom. The van der Waals surface area contributed by atoms with E-state index in [0.29, 0.717) is 5.92 Å². The summed E-state index contributed by atoms with van der Waals surface area (Å²) in [7, 11) is 0. The van der Waals surface area contributed by atoms with E-state index in [2.05, 4.69) is 4.74 Å². The second-order valence-electron chi connectivity index (χ2n) is 4.17. The van der Waals surface area contributed by atoms with E-state index in [9.17, 15) is 8.78 Å². The first kappa shape index (κ1) is 11.3. The summed E-state index contributed by atoms with van der Waals surface area (Å²) in [6, 6.07) is 6.63. The fourth-order valence-electron chi connectivity index (χ4n) is 1.97. The molecule has 0 aromatic heterocycles. The van der Waals surface area contributed by atoms with Gasteiger partial charge in [0.05, 0.1) is 0 Å². The van der Waals surface area contributed by atoms with Crippen LogP contribution in [0.25, 0.3) is 0 Å². The summed E-state index contributed by atoms with van der Waals surface area (Å²) >= 11 is 0. The van der Waals surface area contributed by atoms with Gasteiger partial charge in [0.25, 0.3) is 0 Å². The van der Waals surface area contributed by atoms with Crippen LogP contribution in [0.15, 0.2) is 24.3 Å². The van der Waals surface area contributed by atoms with E-state index in [1.165, 1.54) is 12.5 Å². The SMILES string of the molecule is NC(c1cccc(OC(F)F)c1)C1CCC1. The number of hydrogen-bond acceptors (Lipinski definition) is 2. The number of halogens is 2. The molecule has 0 heterocycles. The summed E-state index contributed by atoms with van der Waals surface area (Å²) in [5.41, 5.74) is 6.93. The molecule has 2 N–H and O–H groups in total. The van der Waals surface area contributed by atoms with Crippen molar-refractivity contribution in [2.24, 2.45) is 11.7 Å². The van der Waals surface area contributed by atoms with Crippen molar-refractivity contribution in [3.63, 3.8) is 0 Å². The molecule has 0 bridgehead atoms. The van der Waals surface area contributed by atoms with Gasteiger partial charge in [-0.25, -0.2) is 0 Å². The van der Waals surface area contributed by atoms with Crippen LogP contribution in [-0.4, -0.2) is 6.61 Å². The van der Waals surface area contributed by atoms with Crippen molar-refractivity contribution in [1.29, 1.82) is 0 Å². The topological polar surface area (TPSA) is 35.2 Å². The molecule has 0 aliphatic heterocycles. The van der Waals surface area contributed by atoms with E-state index in [4.69, 9.17) is 5.73 Å². The molecular weight excluding hydrogens is 212 g/mol. The molecule has 2 nitrogen and oxygen atoms in total. The van der Waals surface area contributed by atoms with Gasteiger partial charge >= 0.3 is 6.61 Å². The largest absolute Gasteiger partial charge is 0.435 e. The Morgan fingerprint density at radius 2 is 2.06 bits per heavy atom. The molecule has 1 aliphatic rings. The van der Waals surface area contributed by atoms with Crippen LogP contribution in [0, 0.1) is 5.92 Å². The molecule has 1 aliphatic carbocycles. The van der Waals surface area contributed by atoms with Crippen molar-refractivity contribution in [3.05, 3.63) is 29.8 Å². The summed E-state index contributed by atoms with van der Waals surface area (Å²) in [6.45, 7) is -2.78. The van der Waals surface area contributed by atoms with E-state index >= 15 is 0 Å². The van der Waals surface area contributed by atoms with Crippen LogP contribution >= 0.6 is 0 Å². The minimum absolute atomic E-state index is 0.0602. The Bertz CT molecular complexity index is 353. The zero-order valence-electron chi connectivity index (χ0n) is 8.90. The highest BCUT2D eigenvalue weighted by molar-refractivity contribution is 5.31. The standard InChI is InChI=1S/C12H15F2NO/c13-12(14)16-10-6-2-5-9(7-10)11(15)8-3-1-4-8/h2,5-8,11-12H,1,3-4,15H2. The Morgan fingerprint density at radius 1 is 1.31 bits per heavy atom. The first-order valence-corrected chi connectivity index (χ1v) is 5.47. The fraction of sp³-hybridized carbons (Fsp3) is 0.500.